The Hall–Kier alpha value is -1.39. The molecule has 0 spiro atoms. The summed E-state index contributed by atoms with van der Waals surface area (Å²) in [6.07, 6.45) is 1.11. The Morgan fingerprint density at radius 2 is 2.15 bits per heavy atom. The third-order valence-electron chi connectivity index (χ3n) is 4.15. The first-order chi connectivity index (χ1) is 9.60. The molecule has 0 radical (unpaired) electrons. The van der Waals surface area contributed by atoms with E-state index in [9.17, 15) is 4.79 Å². The number of carbonyl (C=O) groups excluding carboxylic acids is 1. The van der Waals surface area contributed by atoms with Gasteiger partial charge in [0.1, 0.15) is 0 Å². The van der Waals surface area contributed by atoms with E-state index in [0.29, 0.717) is 18.5 Å². The predicted molar refractivity (Wildman–Crippen MR) is 82.9 cm³/mol. The van der Waals surface area contributed by atoms with Crippen LogP contribution in [-0.2, 0) is 4.79 Å². The molecular weight excluding hydrogens is 250 g/mol. The monoisotopic (exact) mass is 275 g/mol. The molecular formula is C16H25N3O. The molecule has 1 aromatic carbocycles. The van der Waals surface area contributed by atoms with Gasteiger partial charge in [-0.3, -0.25) is 9.69 Å². The fraction of sp³-hybridized carbons (Fsp3) is 0.562. The minimum atomic E-state index is 0.0782. The number of nitrogens with zero attached hydrogens (tertiary/aromatic N) is 1. The average molecular weight is 275 g/mol. The molecule has 1 fully saturated rings. The second kappa shape index (κ2) is 6.86. The third-order valence-corrected chi connectivity index (χ3v) is 4.15. The molecule has 1 saturated heterocycles. The summed E-state index contributed by atoms with van der Waals surface area (Å²) in [4.78, 5) is 14.4. The van der Waals surface area contributed by atoms with E-state index in [4.69, 9.17) is 0 Å². The van der Waals surface area contributed by atoms with Crippen LogP contribution in [0.5, 0.6) is 0 Å². The molecule has 1 amide bonds. The Kier molecular flexibility index (Phi) is 5.15. The number of piperidine rings is 1. The Morgan fingerprint density at radius 3 is 2.80 bits per heavy atom. The standard InChI is InChI=1S/C16H25N3O/c1-12-6-4-5-7-15(12)18-16(20)11-19-9-8-14(17-3)13(2)10-19/h4-7,13-14,17H,8-11H2,1-3H3,(H,18,20). The lowest BCUT2D eigenvalue weighted by molar-refractivity contribution is -0.117. The lowest BCUT2D eigenvalue weighted by Gasteiger charge is -2.36. The Labute approximate surface area is 121 Å². The molecule has 0 aromatic heterocycles. The number of nitrogens with one attached hydrogen (secondary N) is 2. The number of anilines is 1. The third kappa shape index (κ3) is 3.81. The first-order valence-electron chi connectivity index (χ1n) is 7.35. The number of aryl methyl sites for hydroxylation is 1. The summed E-state index contributed by atoms with van der Waals surface area (Å²) in [5.74, 6) is 0.661. The van der Waals surface area contributed by atoms with E-state index >= 15 is 0 Å². The van der Waals surface area contributed by atoms with E-state index in [2.05, 4.69) is 22.5 Å². The number of rotatable bonds is 4. The zero-order chi connectivity index (χ0) is 14.5. The van der Waals surface area contributed by atoms with Gasteiger partial charge in [0.05, 0.1) is 6.54 Å². The molecule has 2 rings (SSSR count). The van der Waals surface area contributed by atoms with Gasteiger partial charge in [0.15, 0.2) is 0 Å². The number of hydrogen-bond donors (Lipinski definition) is 2. The largest absolute Gasteiger partial charge is 0.325 e. The zero-order valence-corrected chi connectivity index (χ0v) is 12.6. The highest BCUT2D eigenvalue weighted by Gasteiger charge is 2.25. The van der Waals surface area contributed by atoms with Crippen molar-refractivity contribution in [3.8, 4) is 0 Å². The topological polar surface area (TPSA) is 44.4 Å². The molecule has 1 aromatic rings. The van der Waals surface area contributed by atoms with E-state index < -0.39 is 0 Å². The van der Waals surface area contributed by atoms with Gasteiger partial charge in [0.2, 0.25) is 5.91 Å². The summed E-state index contributed by atoms with van der Waals surface area (Å²) < 4.78 is 0. The number of hydrogen-bond acceptors (Lipinski definition) is 3. The van der Waals surface area contributed by atoms with Gasteiger partial charge >= 0.3 is 0 Å². The van der Waals surface area contributed by atoms with Crippen molar-refractivity contribution in [2.45, 2.75) is 26.3 Å². The van der Waals surface area contributed by atoms with Gasteiger partial charge in [0, 0.05) is 24.8 Å². The van der Waals surface area contributed by atoms with Crippen molar-refractivity contribution in [1.82, 2.24) is 10.2 Å². The van der Waals surface area contributed by atoms with E-state index in [1.165, 1.54) is 0 Å². The van der Waals surface area contributed by atoms with Crippen molar-refractivity contribution in [3.63, 3.8) is 0 Å². The predicted octanol–water partition coefficient (Wildman–Crippen LogP) is 1.86. The van der Waals surface area contributed by atoms with Crippen LogP contribution in [0.1, 0.15) is 18.9 Å². The van der Waals surface area contributed by atoms with Crippen LogP contribution < -0.4 is 10.6 Å². The van der Waals surface area contributed by atoms with E-state index in [0.717, 1.165) is 30.8 Å². The van der Waals surface area contributed by atoms with Crippen LogP contribution in [0.15, 0.2) is 24.3 Å². The summed E-state index contributed by atoms with van der Waals surface area (Å²) in [5.41, 5.74) is 2.01. The first-order valence-corrected chi connectivity index (χ1v) is 7.35. The lowest BCUT2D eigenvalue weighted by atomic mass is 9.94. The van der Waals surface area contributed by atoms with Crippen molar-refractivity contribution < 1.29 is 4.79 Å². The van der Waals surface area contributed by atoms with Crippen molar-refractivity contribution >= 4 is 11.6 Å². The molecule has 4 heteroatoms. The van der Waals surface area contributed by atoms with E-state index in [-0.39, 0.29) is 5.91 Å². The molecule has 2 N–H and O–H groups in total. The molecule has 2 atom stereocenters. The molecule has 0 bridgehead atoms. The molecule has 0 aliphatic carbocycles. The number of amides is 1. The van der Waals surface area contributed by atoms with Gasteiger partial charge in [-0.25, -0.2) is 0 Å². The molecule has 1 aliphatic rings. The normalized spacial score (nSPS) is 23.6. The van der Waals surface area contributed by atoms with Crippen molar-refractivity contribution in [3.05, 3.63) is 29.8 Å². The highest BCUT2D eigenvalue weighted by molar-refractivity contribution is 5.92. The van der Waals surface area contributed by atoms with Crippen LogP contribution in [0.25, 0.3) is 0 Å². The van der Waals surface area contributed by atoms with Gasteiger partial charge in [0.25, 0.3) is 0 Å². The van der Waals surface area contributed by atoms with Gasteiger partial charge < -0.3 is 10.6 Å². The molecule has 1 heterocycles. The number of para-hydroxylation sites is 1. The Bertz CT molecular complexity index is 461. The van der Waals surface area contributed by atoms with E-state index in [1.807, 2.05) is 38.2 Å². The zero-order valence-electron chi connectivity index (χ0n) is 12.6. The maximum atomic E-state index is 12.1. The van der Waals surface area contributed by atoms with E-state index in [1.54, 1.807) is 0 Å². The second-order valence-electron chi connectivity index (χ2n) is 5.76. The van der Waals surface area contributed by atoms with Crippen LogP contribution >= 0.6 is 0 Å². The average Bonchev–Trinajstić information content (AvgIpc) is 2.41. The van der Waals surface area contributed by atoms with Gasteiger partial charge in [-0.1, -0.05) is 25.1 Å². The SMILES string of the molecule is CNC1CCN(CC(=O)Nc2ccccc2C)CC1C. The molecule has 20 heavy (non-hydrogen) atoms. The molecule has 110 valence electrons. The summed E-state index contributed by atoms with van der Waals surface area (Å²) >= 11 is 0. The number of likely N-dealkylation sites (tertiary alicyclic amines) is 1. The first kappa shape index (κ1) is 15.0. The van der Waals surface area contributed by atoms with Crippen molar-refractivity contribution in [1.29, 1.82) is 0 Å². The highest BCUT2D eigenvalue weighted by Crippen LogP contribution is 2.17. The molecule has 2 unspecified atom stereocenters. The second-order valence-corrected chi connectivity index (χ2v) is 5.76. The van der Waals surface area contributed by atoms with Crippen LogP contribution in [-0.4, -0.2) is 43.5 Å². The minimum absolute atomic E-state index is 0.0782. The summed E-state index contributed by atoms with van der Waals surface area (Å²) in [6.45, 7) is 6.70. The van der Waals surface area contributed by atoms with Crippen LogP contribution in [0.4, 0.5) is 5.69 Å². The summed E-state index contributed by atoms with van der Waals surface area (Å²) in [7, 11) is 2.02. The van der Waals surface area contributed by atoms with Gasteiger partial charge in [-0.15, -0.1) is 0 Å². The molecule has 1 aliphatic heterocycles. The molecule has 0 saturated carbocycles. The maximum absolute atomic E-state index is 12.1. The number of carbonyl (C=O) groups is 1. The summed E-state index contributed by atoms with van der Waals surface area (Å²) in [6, 6.07) is 8.46. The summed E-state index contributed by atoms with van der Waals surface area (Å²) in [5, 5.41) is 6.35. The minimum Gasteiger partial charge on any atom is -0.325 e. The Morgan fingerprint density at radius 1 is 1.40 bits per heavy atom. The van der Waals surface area contributed by atoms with Crippen molar-refractivity contribution in [2.75, 3.05) is 32.0 Å². The quantitative estimate of drug-likeness (QED) is 0.881. The fourth-order valence-corrected chi connectivity index (χ4v) is 2.91. The molecule has 4 nitrogen and oxygen atoms in total. The van der Waals surface area contributed by atoms with Crippen LogP contribution in [0.2, 0.25) is 0 Å². The maximum Gasteiger partial charge on any atom is 0.238 e. The van der Waals surface area contributed by atoms with Crippen LogP contribution in [0.3, 0.4) is 0 Å². The Balaban J connectivity index is 1.85. The van der Waals surface area contributed by atoms with Crippen LogP contribution in [0, 0.1) is 12.8 Å². The smallest absolute Gasteiger partial charge is 0.238 e. The number of benzene rings is 1. The van der Waals surface area contributed by atoms with Crippen molar-refractivity contribution in [2.24, 2.45) is 5.92 Å². The van der Waals surface area contributed by atoms with Gasteiger partial charge in [-0.2, -0.15) is 0 Å². The highest BCUT2D eigenvalue weighted by atomic mass is 16.2. The van der Waals surface area contributed by atoms with Gasteiger partial charge in [-0.05, 0) is 37.9 Å². The lowest BCUT2D eigenvalue weighted by Crippen LogP contribution is -2.49. The fourth-order valence-electron chi connectivity index (χ4n) is 2.91.